The van der Waals surface area contributed by atoms with Gasteiger partial charge in [-0.25, -0.2) is 4.79 Å². The third-order valence-electron chi connectivity index (χ3n) is 7.11. The molecular formula is C31H34N4O. The van der Waals surface area contributed by atoms with Gasteiger partial charge in [0.05, 0.1) is 11.2 Å². The van der Waals surface area contributed by atoms with Crippen LogP contribution in [-0.2, 0) is 12.8 Å². The predicted molar refractivity (Wildman–Crippen MR) is 147 cm³/mol. The molecule has 5 rings (SSSR count). The molecule has 1 fully saturated rings. The van der Waals surface area contributed by atoms with E-state index in [1.54, 1.807) is 0 Å². The fourth-order valence-electron chi connectivity index (χ4n) is 5.43. The maximum Gasteiger partial charge on any atom is 0.319 e. The van der Waals surface area contributed by atoms with Crippen molar-refractivity contribution in [3.8, 4) is 0 Å². The van der Waals surface area contributed by atoms with Crippen molar-refractivity contribution in [2.45, 2.75) is 44.7 Å². The number of hydrogen-bond acceptors (Lipinski definition) is 3. The highest BCUT2D eigenvalue weighted by molar-refractivity contribution is 6.00. The number of amides is 2. The number of para-hydroxylation sites is 1. The minimum absolute atomic E-state index is 0.166. The molecule has 0 saturated carbocycles. The summed E-state index contributed by atoms with van der Waals surface area (Å²) in [4.78, 5) is 20.1. The lowest BCUT2D eigenvalue weighted by Crippen LogP contribution is -2.47. The van der Waals surface area contributed by atoms with Crippen LogP contribution in [0.4, 0.5) is 10.5 Å². The highest BCUT2D eigenvalue weighted by Crippen LogP contribution is 2.25. The van der Waals surface area contributed by atoms with Gasteiger partial charge in [-0.15, -0.1) is 0 Å². The molecule has 2 amide bonds. The van der Waals surface area contributed by atoms with Crippen molar-refractivity contribution in [2.75, 3.05) is 18.4 Å². The van der Waals surface area contributed by atoms with Gasteiger partial charge in [0, 0.05) is 29.7 Å². The molecule has 1 saturated heterocycles. The van der Waals surface area contributed by atoms with Crippen LogP contribution >= 0.6 is 0 Å². The molecule has 0 aliphatic carbocycles. The Labute approximate surface area is 213 Å². The van der Waals surface area contributed by atoms with Crippen LogP contribution in [-0.4, -0.2) is 41.1 Å². The molecule has 5 heteroatoms. The first-order chi connectivity index (χ1) is 17.7. The van der Waals surface area contributed by atoms with E-state index in [0.717, 1.165) is 54.5 Å². The highest BCUT2D eigenvalue weighted by Gasteiger charge is 2.31. The standard InChI is InChI=1S/C31H34N4O/c1-23-19-30(28-16-8-9-17-29(28)33-23)34-31(36)32-22-26-15-10-18-35(26)27(20-24-11-4-2-5-12-24)21-25-13-6-3-7-14-25/h2-9,11-14,16-17,19,26-27H,10,15,18,20-22H2,1H3,(H2,32,33,34,36)/t26-/m1/s1. The zero-order valence-corrected chi connectivity index (χ0v) is 20.9. The molecule has 1 aliphatic rings. The summed E-state index contributed by atoms with van der Waals surface area (Å²) in [6.07, 6.45) is 4.25. The van der Waals surface area contributed by atoms with Crippen LogP contribution in [0.3, 0.4) is 0 Å². The predicted octanol–water partition coefficient (Wildman–Crippen LogP) is 5.98. The third kappa shape index (κ3) is 5.92. The van der Waals surface area contributed by atoms with Gasteiger partial charge in [-0.05, 0) is 62.4 Å². The van der Waals surface area contributed by atoms with Crippen molar-refractivity contribution >= 4 is 22.6 Å². The second-order valence-corrected chi connectivity index (χ2v) is 9.73. The van der Waals surface area contributed by atoms with Gasteiger partial charge in [0.2, 0.25) is 0 Å². The number of nitrogens with zero attached hydrogens (tertiary/aromatic N) is 2. The summed E-state index contributed by atoms with van der Waals surface area (Å²) in [5, 5.41) is 7.17. The second-order valence-electron chi connectivity index (χ2n) is 9.73. The molecule has 0 radical (unpaired) electrons. The topological polar surface area (TPSA) is 57.3 Å². The average molecular weight is 479 g/mol. The number of nitrogens with one attached hydrogen (secondary N) is 2. The van der Waals surface area contributed by atoms with Gasteiger partial charge in [-0.2, -0.15) is 0 Å². The summed E-state index contributed by atoms with van der Waals surface area (Å²) < 4.78 is 0. The SMILES string of the molecule is Cc1cc(NC(=O)NC[C@H]2CCCN2C(Cc2ccccc2)Cc2ccccc2)c2ccccc2n1. The van der Waals surface area contributed by atoms with Crippen molar-refractivity contribution in [3.05, 3.63) is 108 Å². The van der Waals surface area contributed by atoms with Crippen LogP contribution in [0.5, 0.6) is 0 Å². The number of likely N-dealkylation sites (tertiary alicyclic amines) is 1. The van der Waals surface area contributed by atoms with E-state index in [4.69, 9.17) is 0 Å². The first kappa shape index (κ1) is 24.0. The molecule has 1 atom stereocenters. The van der Waals surface area contributed by atoms with Crippen molar-refractivity contribution in [1.82, 2.24) is 15.2 Å². The Morgan fingerprint density at radius 1 is 0.944 bits per heavy atom. The van der Waals surface area contributed by atoms with E-state index in [1.807, 2.05) is 37.3 Å². The van der Waals surface area contributed by atoms with Crippen LogP contribution < -0.4 is 10.6 Å². The number of benzene rings is 3. The van der Waals surface area contributed by atoms with Crippen LogP contribution in [0.15, 0.2) is 91.0 Å². The molecule has 1 aromatic heterocycles. The molecule has 5 nitrogen and oxygen atoms in total. The first-order valence-corrected chi connectivity index (χ1v) is 12.9. The molecule has 3 aromatic carbocycles. The number of rotatable bonds is 8. The number of carbonyl (C=O) groups excluding carboxylic acids is 1. The van der Waals surface area contributed by atoms with Gasteiger partial charge in [0.15, 0.2) is 0 Å². The fraction of sp³-hybridized carbons (Fsp3) is 0.290. The van der Waals surface area contributed by atoms with E-state index in [-0.39, 0.29) is 6.03 Å². The fourth-order valence-corrected chi connectivity index (χ4v) is 5.43. The summed E-state index contributed by atoms with van der Waals surface area (Å²) in [7, 11) is 0. The Hall–Kier alpha value is -3.70. The van der Waals surface area contributed by atoms with E-state index in [2.05, 4.69) is 81.2 Å². The van der Waals surface area contributed by atoms with E-state index in [1.165, 1.54) is 11.1 Å². The molecule has 0 unspecified atom stereocenters. The van der Waals surface area contributed by atoms with Crippen LogP contribution in [0.1, 0.15) is 29.7 Å². The lowest BCUT2D eigenvalue weighted by molar-refractivity contribution is 0.173. The molecule has 4 aromatic rings. The van der Waals surface area contributed by atoms with Gasteiger partial charge in [0.25, 0.3) is 0 Å². The molecule has 0 spiro atoms. The van der Waals surface area contributed by atoms with Crippen molar-refractivity contribution in [3.63, 3.8) is 0 Å². The monoisotopic (exact) mass is 478 g/mol. The molecule has 1 aliphatic heterocycles. The molecule has 184 valence electrons. The third-order valence-corrected chi connectivity index (χ3v) is 7.11. The van der Waals surface area contributed by atoms with Crippen molar-refractivity contribution < 1.29 is 4.79 Å². The zero-order valence-electron chi connectivity index (χ0n) is 20.9. The molecule has 0 bridgehead atoms. The van der Waals surface area contributed by atoms with Crippen molar-refractivity contribution in [1.29, 1.82) is 0 Å². The maximum absolute atomic E-state index is 12.9. The minimum atomic E-state index is -0.166. The number of aromatic nitrogens is 1. The normalized spacial score (nSPS) is 15.9. The van der Waals surface area contributed by atoms with Crippen LogP contribution in [0, 0.1) is 6.92 Å². The molecule has 2 N–H and O–H groups in total. The summed E-state index contributed by atoms with van der Waals surface area (Å²) in [6, 6.07) is 31.9. The van der Waals surface area contributed by atoms with Crippen molar-refractivity contribution in [2.24, 2.45) is 0 Å². The molecular weight excluding hydrogens is 444 g/mol. The first-order valence-electron chi connectivity index (χ1n) is 12.9. The highest BCUT2D eigenvalue weighted by atomic mass is 16.2. The van der Waals surface area contributed by atoms with E-state index in [0.29, 0.717) is 18.6 Å². The number of aryl methyl sites for hydroxylation is 1. The average Bonchev–Trinajstić information content (AvgIpc) is 3.37. The van der Waals surface area contributed by atoms with Gasteiger partial charge in [-0.3, -0.25) is 9.88 Å². The van der Waals surface area contributed by atoms with Gasteiger partial charge in [-0.1, -0.05) is 78.9 Å². The number of carbonyl (C=O) groups is 1. The van der Waals surface area contributed by atoms with Gasteiger partial charge in [0.1, 0.15) is 0 Å². The number of pyridine rings is 1. The Kier molecular flexibility index (Phi) is 7.58. The van der Waals surface area contributed by atoms with E-state index >= 15 is 0 Å². The van der Waals surface area contributed by atoms with Gasteiger partial charge >= 0.3 is 6.03 Å². The summed E-state index contributed by atoms with van der Waals surface area (Å²) in [5.41, 5.74) is 5.28. The Morgan fingerprint density at radius 2 is 1.58 bits per heavy atom. The lowest BCUT2D eigenvalue weighted by Gasteiger charge is -2.34. The largest absolute Gasteiger partial charge is 0.336 e. The number of urea groups is 1. The smallest absolute Gasteiger partial charge is 0.319 e. The lowest BCUT2D eigenvalue weighted by atomic mass is 9.97. The number of hydrogen-bond donors (Lipinski definition) is 2. The Bertz CT molecular complexity index is 1250. The zero-order chi connectivity index (χ0) is 24.7. The van der Waals surface area contributed by atoms with Gasteiger partial charge < -0.3 is 10.6 Å². The van der Waals surface area contributed by atoms with Crippen LogP contribution in [0.25, 0.3) is 10.9 Å². The maximum atomic E-state index is 12.9. The number of anilines is 1. The number of fused-ring (bicyclic) bond motifs is 1. The van der Waals surface area contributed by atoms with E-state index < -0.39 is 0 Å². The molecule has 36 heavy (non-hydrogen) atoms. The molecule has 2 heterocycles. The van der Waals surface area contributed by atoms with E-state index in [9.17, 15) is 4.79 Å². The summed E-state index contributed by atoms with van der Waals surface area (Å²) in [5.74, 6) is 0. The second kappa shape index (κ2) is 11.4. The quantitative estimate of drug-likeness (QED) is 0.327. The minimum Gasteiger partial charge on any atom is -0.336 e. The summed E-state index contributed by atoms with van der Waals surface area (Å²) >= 11 is 0. The van der Waals surface area contributed by atoms with Crippen LogP contribution in [0.2, 0.25) is 0 Å². The Balaban J connectivity index is 1.27. The Morgan fingerprint density at radius 3 is 2.28 bits per heavy atom. The summed E-state index contributed by atoms with van der Waals surface area (Å²) in [6.45, 7) is 3.64.